The lowest BCUT2D eigenvalue weighted by Gasteiger charge is -2.28. The first-order valence-electron chi connectivity index (χ1n) is 11.0. The third kappa shape index (κ3) is 5.22. The van der Waals surface area contributed by atoms with E-state index in [1.807, 2.05) is 70.2 Å². The largest absolute Gasteiger partial charge is 0.494 e. The van der Waals surface area contributed by atoms with E-state index >= 15 is 0 Å². The smallest absolute Gasteiger partial charge is 0.338 e. The molecule has 0 spiro atoms. The molecular weight excluding hydrogens is 436 g/mol. The number of esters is 1. The molecule has 1 atom stereocenters. The Labute approximate surface area is 198 Å². The summed E-state index contributed by atoms with van der Waals surface area (Å²) < 4.78 is 12.9. The second-order valence-electron chi connectivity index (χ2n) is 7.96. The van der Waals surface area contributed by atoms with Gasteiger partial charge in [-0.05, 0) is 51.0 Å². The number of aromatic nitrogens is 3. The number of thioether (sulfide) groups is 1. The maximum atomic E-state index is 13.1. The van der Waals surface area contributed by atoms with E-state index < -0.39 is 6.04 Å². The molecule has 0 fully saturated rings. The highest BCUT2D eigenvalue weighted by atomic mass is 32.2. The molecule has 0 saturated heterocycles. The van der Waals surface area contributed by atoms with Gasteiger partial charge in [0.15, 0.2) is 0 Å². The third-order valence-electron chi connectivity index (χ3n) is 5.11. The van der Waals surface area contributed by atoms with Gasteiger partial charge in [-0.25, -0.2) is 9.48 Å². The zero-order chi connectivity index (χ0) is 23.4. The van der Waals surface area contributed by atoms with Crippen molar-refractivity contribution in [3.63, 3.8) is 0 Å². The number of hydrogen-bond donors (Lipinski definition) is 1. The fourth-order valence-corrected chi connectivity index (χ4v) is 4.46. The first-order valence-corrected chi connectivity index (χ1v) is 12.0. The molecule has 3 aromatic rings. The van der Waals surface area contributed by atoms with Crippen LogP contribution in [0.5, 0.6) is 5.75 Å². The Bertz CT molecular complexity index is 1140. The lowest BCUT2D eigenvalue weighted by Crippen LogP contribution is -2.30. The van der Waals surface area contributed by atoms with Crippen LogP contribution in [-0.4, -0.2) is 33.4 Å². The number of carbonyl (C=O) groups excluding carboxylic acids is 1. The Morgan fingerprint density at radius 3 is 2.55 bits per heavy atom. The summed E-state index contributed by atoms with van der Waals surface area (Å²) in [4.78, 5) is 17.8. The topological polar surface area (TPSA) is 78.3 Å². The van der Waals surface area contributed by atoms with Crippen LogP contribution in [0.4, 0.5) is 5.95 Å². The molecule has 0 saturated carbocycles. The Balaban J connectivity index is 1.69. The molecule has 0 bridgehead atoms. The van der Waals surface area contributed by atoms with Gasteiger partial charge in [-0.2, -0.15) is 4.98 Å². The Hall–Kier alpha value is -3.26. The number of ether oxygens (including phenoxy) is 2. The standard InChI is InChI=1S/C25H28N4O3S/c1-5-31-20-13-11-19(12-14-20)22-21(23(30)32-16(2)3)17(4)26-24-27-25(28-29(22)24)33-15-18-9-7-6-8-10-18/h6-14,16,22H,5,15H2,1-4H3,(H,26,27,28). The van der Waals surface area contributed by atoms with Gasteiger partial charge in [0.25, 0.3) is 0 Å². The highest BCUT2D eigenvalue weighted by Gasteiger charge is 2.35. The molecule has 1 aromatic heterocycles. The molecule has 0 radical (unpaired) electrons. The average Bonchev–Trinajstić information content (AvgIpc) is 3.20. The van der Waals surface area contributed by atoms with Gasteiger partial charge < -0.3 is 14.8 Å². The first-order chi connectivity index (χ1) is 16.0. The van der Waals surface area contributed by atoms with E-state index in [9.17, 15) is 4.79 Å². The second-order valence-corrected chi connectivity index (χ2v) is 8.90. The SMILES string of the molecule is CCOc1ccc(C2C(C(=O)OC(C)C)=C(C)Nc3nc(SCc4ccccc4)nn32)cc1. The number of carbonyl (C=O) groups is 1. The van der Waals surface area contributed by atoms with Crippen LogP contribution in [0.15, 0.2) is 71.0 Å². The van der Waals surface area contributed by atoms with Crippen LogP contribution in [0.2, 0.25) is 0 Å². The van der Waals surface area contributed by atoms with Gasteiger partial charge in [0.2, 0.25) is 11.1 Å². The molecule has 1 N–H and O–H groups in total. The fraction of sp³-hybridized carbons (Fsp3) is 0.320. The molecule has 172 valence electrons. The van der Waals surface area contributed by atoms with Crippen molar-refractivity contribution < 1.29 is 14.3 Å². The minimum absolute atomic E-state index is 0.229. The second kappa shape index (κ2) is 10.1. The Morgan fingerprint density at radius 1 is 1.15 bits per heavy atom. The molecule has 8 heteroatoms. The number of hydrogen-bond acceptors (Lipinski definition) is 7. The van der Waals surface area contributed by atoms with Gasteiger partial charge in [-0.15, -0.1) is 5.10 Å². The Kier molecular flexibility index (Phi) is 7.03. The van der Waals surface area contributed by atoms with Crippen LogP contribution in [0.3, 0.4) is 0 Å². The van der Waals surface area contributed by atoms with E-state index in [0.29, 0.717) is 29.0 Å². The number of fused-ring (bicyclic) bond motifs is 1. The van der Waals surface area contributed by atoms with Crippen molar-refractivity contribution in [3.05, 3.63) is 77.0 Å². The van der Waals surface area contributed by atoms with Crippen molar-refractivity contribution in [3.8, 4) is 5.75 Å². The van der Waals surface area contributed by atoms with Crippen LogP contribution in [0.1, 0.15) is 44.9 Å². The van der Waals surface area contributed by atoms with Crippen LogP contribution >= 0.6 is 11.8 Å². The first kappa shape index (κ1) is 22.9. The summed E-state index contributed by atoms with van der Waals surface area (Å²) in [5.41, 5.74) is 3.33. The zero-order valence-electron chi connectivity index (χ0n) is 19.2. The number of allylic oxidation sites excluding steroid dienone is 1. The summed E-state index contributed by atoms with van der Waals surface area (Å²) in [6.07, 6.45) is -0.229. The normalized spacial score (nSPS) is 15.2. The Morgan fingerprint density at radius 2 is 1.88 bits per heavy atom. The molecule has 2 aromatic carbocycles. The van der Waals surface area contributed by atoms with E-state index in [1.165, 1.54) is 5.56 Å². The number of anilines is 1. The van der Waals surface area contributed by atoms with Gasteiger partial charge in [-0.3, -0.25) is 0 Å². The van der Waals surface area contributed by atoms with Gasteiger partial charge in [0.05, 0.1) is 18.3 Å². The van der Waals surface area contributed by atoms with Gasteiger partial charge in [-0.1, -0.05) is 54.2 Å². The van der Waals surface area contributed by atoms with E-state index in [1.54, 1.807) is 16.4 Å². The van der Waals surface area contributed by atoms with E-state index in [0.717, 1.165) is 17.1 Å². The summed E-state index contributed by atoms with van der Waals surface area (Å²) in [6.45, 7) is 8.09. The van der Waals surface area contributed by atoms with Gasteiger partial charge in [0, 0.05) is 11.4 Å². The van der Waals surface area contributed by atoms with Crippen molar-refractivity contribution in [2.75, 3.05) is 11.9 Å². The maximum absolute atomic E-state index is 13.1. The van der Waals surface area contributed by atoms with E-state index in [4.69, 9.17) is 14.6 Å². The van der Waals surface area contributed by atoms with Gasteiger partial charge >= 0.3 is 5.97 Å². The van der Waals surface area contributed by atoms with Crippen molar-refractivity contribution in [1.29, 1.82) is 0 Å². The zero-order valence-corrected chi connectivity index (χ0v) is 20.1. The molecule has 1 aliphatic rings. The minimum atomic E-state index is -0.457. The quantitative estimate of drug-likeness (QED) is 0.362. The van der Waals surface area contributed by atoms with Crippen LogP contribution in [0, 0.1) is 0 Å². The molecule has 7 nitrogen and oxygen atoms in total. The average molecular weight is 465 g/mol. The highest BCUT2D eigenvalue weighted by molar-refractivity contribution is 7.98. The van der Waals surface area contributed by atoms with Crippen molar-refractivity contribution in [2.45, 2.75) is 50.8 Å². The monoisotopic (exact) mass is 464 g/mol. The fourth-order valence-electron chi connectivity index (χ4n) is 3.68. The lowest BCUT2D eigenvalue weighted by atomic mass is 9.95. The summed E-state index contributed by atoms with van der Waals surface area (Å²) in [7, 11) is 0. The molecule has 1 unspecified atom stereocenters. The molecular formula is C25H28N4O3S. The summed E-state index contributed by atoms with van der Waals surface area (Å²) in [5.74, 6) is 1.77. The molecule has 1 aliphatic heterocycles. The summed E-state index contributed by atoms with van der Waals surface area (Å²) in [5, 5.41) is 8.65. The van der Waals surface area contributed by atoms with Crippen LogP contribution in [-0.2, 0) is 15.3 Å². The molecule has 33 heavy (non-hydrogen) atoms. The summed E-state index contributed by atoms with van der Waals surface area (Å²) in [6, 6.07) is 17.5. The van der Waals surface area contributed by atoms with Gasteiger partial charge in [0.1, 0.15) is 11.8 Å². The van der Waals surface area contributed by atoms with Crippen molar-refractivity contribution in [2.24, 2.45) is 0 Å². The van der Waals surface area contributed by atoms with Crippen molar-refractivity contribution in [1.82, 2.24) is 14.8 Å². The molecule has 0 aliphatic carbocycles. The van der Waals surface area contributed by atoms with Crippen molar-refractivity contribution >= 4 is 23.7 Å². The number of nitrogens with zero attached hydrogens (tertiary/aromatic N) is 3. The van der Waals surface area contributed by atoms with Crippen LogP contribution < -0.4 is 10.1 Å². The molecule has 2 heterocycles. The molecule has 4 rings (SSSR count). The third-order valence-corrected chi connectivity index (χ3v) is 6.02. The number of nitrogens with one attached hydrogen (secondary N) is 1. The lowest BCUT2D eigenvalue weighted by molar-refractivity contribution is -0.143. The highest BCUT2D eigenvalue weighted by Crippen LogP contribution is 2.37. The number of rotatable bonds is 8. The summed E-state index contributed by atoms with van der Waals surface area (Å²) >= 11 is 1.56. The maximum Gasteiger partial charge on any atom is 0.338 e. The predicted molar refractivity (Wildman–Crippen MR) is 129 cm³/mol. The molecule has 0 amide bonds. The van der Waals surface area contributed by atoms with Crippen LogP contribution in [0.25, 0.3) is 0 Å². The predicted octanol–water partition coefficient (Wildman–Crippen LogP) is 5.21. The number of benzene rings is 2. The minimum Gasteiger partial charge on any atom is -0.494 e. The van der Waals surface area contributed by atoms with E-state index in [2.05, 4.69) is 22.4 Å². The van der Waals surface area contributed by atoms with E-state index in [-0.39, 0.29) is 12.1 Å².